The fourth-order valence-electron chi connectivity index (χ4n) is 2.68. The van der Waals surface area contributed by atoms with Gasteiger partial charge in [0.25, 0.3) is 0 Å². The van der Waals surface area contributed by atoms with E-state index in [2.05, 4.69) is 38.1 Å². The molecule has 0 spiro atoms. The summed E-state index contributed by atoms with van der Waals surface area (Å²) in [6.45, 7) is 0. The molecule has 0 bridgehead atoms. The number of fused-ring (bicyclic) bond motifs is 1. The van der Waals surface area contributed by atoms with Gasteiger partial charge in [-0.2, -0.15) is 0 Å². The molecule has 1 heterocycles. The molecule has 0 atom stereocenters. The fourth-order valence-corrected chi connectivity index (χ4v) is 3.69. The number of Topliss-reactive ketones (excluding diaryl/α,β-unsaturated/α-hetero) is 1. The van der Waals surface area contributed by atoms with Crippen LogP contribution in [0.25, 0.3) is 0 Å². The minimum absolute atomic E-state index is 0.325. The van der Waals surface area contributed by atoms with Crippen LogP contribution in [0.2, 0.25) is 0 Å². The van der Waals surface area contributed by atoms with Gasteiger partial charge in [-0.1, -0.05) is 18.2 Å². The van der Waals surface area contributed by atoms with Crippen LogP contribution in [0.1, 0.15) is 31.2 Å². The van der Waals surface area contributed by atoms with E-state index in [1.165, 1.54) is 17.8 Å². The standard InChI is InChI=1S/C14H14INO/c15-16-12-7-3-1-5-10(12)9-14(17)11-6-2-4-8-13(11)16/h1,3,5,7H,2,4,6,8-9H2. The van der Waals surface area contributed by atoms with Gasteiger partial charge in [-0.3, -0.25) is 7.91 Å². The van der Waals surface area contributed by atoms with Gasteiger partial charge < -0.3 is 0 Å². The second-order valence-electron chi connectivity index (χ2n) is 4.64. The summed E-state index contributed by atoms with van der Waals surface area (Å²) in [6, 6.07) is 8.24. The molecule has 17 heavy (non-hydrogen) atoms. The summed E-state index contributed by atoms with van der Waals surface area (Å²) in [4.78, 5) is 12.3. The highest BCUT2D eigenvalue weighted by Gasteiger charge is 2.27. The lowest BCUT2D eigenvalue weighted by Crippen LogP contribution is -2.16. The molecule has 1 aliphatic carbocycles. The maximum Gasteiger partial charge on any atom is 0.165 e. The number of ketones is 1. The minimum Gasteiger partial charge on any atom is -0.294 e. The first-order chi connectivity index (χ1) is 8.27. The summed E-state index contributed by atoms with van der Waals surface area (Å²) in [5, 5.41) is 0. The lowest BCUT2D eigenvalue weighted by Gasteiger charge is -2.25. The molecule has 0 N–H and O–H groups in total. The van der Waals surface area contributed by atoms with Gasteiger partial charge in [-0.15, -0.1) is 0 Å². The van der Waals surface area contributed by atoms with E-state index >= 15 is 0 Å². The monoisotopic (exact) mass is 339 g/mol. The molecule has 3 rings (SSSR count). The molecule has 3 heteroatoms. The molecule has 0 unspecified atom stereocenters. The predicted molar refractivity (Wildman–Crippen MR) is 77.1 cm³/mol. The summed E-state index contributed by atoms with van der Waals surface area (Å²) in [6.07, 6.45) is 4.92. The zero-order valence-corrected chi connectivity index (χ0v) is 11.7. The third-order valence-corrected chi connectivity index (χ3v) is 4.67. The van der Waals surface area contributed by atoms with E-state index in [-0.39, 0.29) is 0 Å². The number of hydrogen-bond acceptors (Lipinski definition) is 2. The first-order valence-electron chi connectivity index (χ1n) is 6.06. The second-order valence-corrected chi connectivity index (χ2v) is 5.61. The highest BCUT2D eigenvalue weighted by Crippen LogP contribution is 2.38. The maximum absolute atomic E-state index is 12.3. The topological polar surface area (TPSA) is 20.3 Å². The zero-order valence-electron chi connectivity index (χ0n) is 9.58. The third-order valence-electron chi connectivity index (χ3n) is 3.57. The van der Waals surface area contributed by atoms with Gasteiger partial charge in [0.15, 0.2) is 5.78 Å². The van der Waals surface area contributed by atoms with E-state index in [4.69, 9.17) is 0 Å². The number of halogens is 1. The average molecular weight is 339 g/mol. The van der Waals surface area contributed by atoms with Crippen LogP contribution in [0.5, 0.6) is 0 Å². The normalized spacial score (nSPS) is 19.8. The Morgan fingerprint density at radius 3 is 2.76 bits per heavy atom. The van der Waals surface area contributed by atoms with Crippen molar-refractivity contribution >= 4 is 34.3 Å². The van der Waals surface area contributed by atoms with E-state index in [0.29, 0.717) is 12.2 Å². The molecule has 2 aliphatic rings. The van der Waals surface area contributed by atoms with Crippen molar-refractivity contribution in [2.24, 2.45) is 0 Å². The first kappa shape index (κ1) is 11.3. The number of hydrogen-bond donors (Lipinski definition) is 0. The second kappa shape index (κ2) is 4.44. The van der Waals surface area contributed by atoms with Crippen LogP contribution < -0.4 is 3.11 Å². The van der Waals surface area contributed by atoms with Crippen LogP contribution in [0.15, 0.2) is 35.5 Å². The fraction of sp³-hybridized carbons (Fsp3) is 0.357. The molecule has 88 valence electrons. The summed E-state index contributed by atoms with van der Waals surface area (Å²) >= 11 is 2.34. The number of carbonyl (C=O) groups excluding carboxylic acids is 1. The van der Waals surface area contributed by atoms with Crippen molar-refractivity contribution in [3.05, 3.63) is 41.1 Å². The maximum atomic E-state index is 12.3. The van der Waals surface area contributed by atoms with Crippen molar-refractivity contribution in [3.63, 3.8) is 0 Å². The number of allylic oxidation sites excluding steroid dienone is 2. The minimum atomic E-state index is 0.325. The Bertz CT molecular complexity index is 507. The Hall–Kier alpha value is -0.840. The predicted octanol–water partition coefficient (Wildman–Crippen LogP) is 3.80. The van der Waals surface area contributed by atoms with Gasteiger partial charge in [0, 0.05) is 17.7 Å². The van der Waals surface area contributed by atoms with E-state index < -0.39 is 0 Å². The molecule has 1 aromatic rings. The summed E-state index contributed by atoms with van der Waals surface area (Å²) in [7, 11) is 0. The molecule has 2 nitrogen and oxygen atoms in total. The van der Waals surface area contributed by atoms with E-state index in [1.807, 2.05) is 12.1 Å². The lowest BCUT2D eigenvalue weighted by molar-refractivity contribution is -0.115. The Morgan fingerprint density at radius 2 is 1.88 bits per heavy atom. The zero-order chi connectivity index (χ0) is 11.8. The van der Waals surface area contributed by atoms with Crippen molar-refractivity contribution < 1.29 is 4.79 Å². The molecule has 0 saturated heterocycles. The third kappa shape index (κ3) is 1.90. The van der Waals surface area contributed by atoms with Gasteiger partial charge in [0.2, 0.25) is 0 Å². The van der Waals surface area contributed by atoms with Crippen LogP contribution in [-0.2, 0) is 11.2 Å². The van der Waals surface area contributed by atoms with Gasteiger partial charge in [0.1, 0.15) is 0 Å². The number of anilines is 1. The molecule has 1 aliphatic heterocycles. The SMILES string of the molecule is O=C1Cc2ccccc2N(I)C2=C1CCCC2. The van der Waals surface area contributed by atoms with Crippen LogP contribution in [0.4, 0.5) is 5.69 Å². The smallest absolute Gasteiger partial charge is 0.165 e. The van der Waals surface area contributed by atoms with Crippen molar-refractivity contribution in [1.82, 2.24) is 0 Å². The Labute approximate surface area is 115 Å². The van der Waals surface area contributed by atoms with Crippen LogP contribution in [0, 0.1) is 0 Å². The average Bonchev–Trinajstić information content (AvgIpc) is 2.48. The lowest BCUT2D eigenvalue weighted by atomic mass is 9.92. The Kier molecular flexibility index (Phi) is 2.94. The molecular weight excluding hydrogens is 325 g/mol. The van der Waals surface area contributed by atoms with Crippen LogP contribution in [0.3, 0.4) is 0 Å². The summed E-state index contributed by atoms with van der Waals surface area (Å²) in [5.41, 5.74) is 4.66. The van der Waals surface area contributed by atoms with Crippen LogP contribution >= 0.6 is 22.9 Å². The molecule has 0 amide bonds. The number of para-hydroxylation sites is 1. The van der Waals surface area contributed by atoms with Gasteiger partial charge in [-0.25, -0.2) is 0 Å². The van der Waals surface area contributed by atoms with Crippen LogP contribution in [-0.4, -0.2) is 5.78 Å². The largest absolute Gasteiger partial charge is 0.294 e. The van der Waals surface area contributed by atoms with E-state index in [9.17, 15) is 4.79 Å². The van der Waals surface area contributed by atoms with Crippen molar-refractivity contribution in [1.29, 1.82) is 0 Å². The van der Waals surface area contributed by atoms with E-state index in [1.54, 1.807) is 0 Å². The Morgan fingerprint density at radius 1 is 1.12 bits per heavy atom. The number of nitrogens with zero attached hydrogens (tertiary/aromatic N) is 1. The molecular formula is C14H14INO. The quantitative estimate of drug-likeness (QED) is 0.529. The molecule has 1 aromatic carbocycles. The molecule has 0 fully saturated rings. The van der Waals surface area contributed by atoms with Crippen molar-refractivity contribution in [3.8, 4) is 0 Å². The van der Waals surface area contributed by atoms with Gasteiger partial charge >= 0.3 is 0 Å². The molecule has 0 saturated carbocycles. The summed E-state index contributed by atoms with van der Waals surface area (Å²) in [5.74, 6) is 0.325. The highest BCUT2D eigenvalue weighted by atomic mass is 127. The molecule has 0 radical (unpaired) electrons. The highest BCUT2D eigenvalue weighted by molar-refractivity contribution is 14.1. The first-order valence-corrected chi connectivity index (χ1v) is 7.03. The number of rotatable bonds is 0. The van der Waals surface area contributed by atoms with Gasteiger partial charge in [-0.05, 0) is 37.3 Å². The molecule has 0 aromatic heterocycles. The number of benzene rings is 1. The Balaban J connectivity index is 2.14. The van der Waals surface area contributed by atoms with Crippen molar-refractivity contribution in [2.45, 2.75) is 32.1 Å². The van der Waals surface area contributed by atoms with Gasteiger partial charge in [0.05, 0.1) is 28.6 Å². The van der Waals surface area contributed by atoms with E-state index in [0.717, 1.165) is 30.4 Å². The summed E-state index contributed by atoms with van der Waals surface area (Å²) < 4.78 is 2.20. The number of carbonyl (C=O) groups is 1. The van der Waals surface area contributed by atoms with Crippen molar-refractivity contribution in [2.75, 3.05) is 3.11 Å².